The molecule has 1 aromatic rings. The normalized spacial score (nSPS) is 13.7. The molecule has 20 heavy (non-hydrogen) atoms. The van der Waals surface area contributed by atoms with E-state index in [0.717, 1.165) is 12.8 Å². The largest absolute Gasteiger partial charge is 0.493 e. The summed E-state index contributed by atoms with van der Waals surface area (Å²) >= 11 is 0. The van der Waals surface area contributed by atoms with Crippen molar-refractivity contribution in [3.05, 3.63) is 23.8 Å². The molecule has 0 aromatic heterocycles. The first-order valence-electron chi connectivity index (χ1n) is 6.41. The minimum Gasteiger partial charge on any atom is -0.493 e. The van der Waals surface area contributed by atoms with Crippen LogP contribution in [0.25, 0.3) is 0 Å². The predicted octanol–water partition coefficient (Wildman–Crippen LogP) is 1.30. The first-order chi connectivity index (χ1) is 9.60. The monoisotopic (exact) mass is 279 g/mol. The fourth-order valence-electron chi connectivity index (χ4n) is 1.70. The second kappa shape index (κ2) is 6.27. The molecule has 1 saturated carbocycles. The average Bonchev–Trinajstić information content (AvgIpc) is 3.26. The molecular weight excluding hydrogens is 262 g/mol. The van der Waals surface area contributed by atoms with Crippen molar-refractivity contribution >= 4 is 11.9 Å². The minimum atomic E-state index is -1.06. The number of carboxylic acids is 1. The number of hydrogen-bond donors (Lipinski definition) is 2. The number of rotatable bonds is 7. The van der Waals surface area contributed by atoms with Crippen LogP contribution in [0.1, 0.15) is 23.2 Å². The lowest BCUT2D eigenvalue weighted by Gasteiger charge is -2.11. The molecule has 1 aliphatic rings. The van der Waals surface area contributed by atoms with Crippen LogP contribution < -0.4 is 14.8 Å². The molecule has 1 amide bonds. The lowest BCUT2D eigenvalue weighted by Crippen LogP contribution is -2.30. The SMILES string of the molecule is COc1ccc(C(=O)O)cc1OCC(=O)NCC1CC1. The van der Waals surface area contributed by atoms with Crippen LogP contribution in [0.15, 0.2) is 18.2 Å². The molecule has 0 heterocycles. The predicted molar refractivity (Wildman–Crippen MR) is 71.2 cm³/mol. The summed E-state index contributed by atoms with van der Waals surface area (Å²) in [4.78, 5) is 22.5. The number of aromatic carboxylic acids is 1. The van der Waals surface area contributed by atoms with Crippen LogP contribution in [0.5, 0.6) is 11.5 Å². The molecule has 0 saturated heterocycles. The van der Waals surface area contributed by atoms with Crippen LogP contribution in [0, 0.1) is 5.92 Å². The Morgan fingerprint density at radius 1 is 1.35 bits per heavy atom. The highest BCUT2D eigenvalue weighted by Crippen LogP contribution is 2.28. The van der Waals surface area contributed by atoms with Crippen molar-refractivity contribution < 1.29 is 24.2 Å². The van der Waals surface area contributed by atoms with Crippen LogP contribution in [-0.2, 0) is 4.79 Å². The Labute approximate surface area is 116 Å². The van der Waals surface area contributed by atoms with Crippen molar-refractivity contribution in [1.82, 2.24) is 5.32 Å². The molecule has 0 aliphatic heterocycles. The molecule has 1 aromatic carbocycles. The molecule has 1 aliphatic carbocycles. The Balaban J connectivity index is 1.93. The molecule has 0 spiro atoms. The molecule has 108 valence electrons. The Morgan fingerprint density at radius 2 is 2.10 bits per heavy atom. The third-order valence-corrected chi connectivity index (χ3v) is 3.05. The minimum absolute atomic E-state index is 0.0826. The van der Waals surface area contributed by atoms with Crippen molar-refractivity contribution in [2.24, 2.45) is 5.92 Å². The van der Waals surface area contributed by atoms with Gasteiger partial charge in [-0.3, -0.25) is 4.79 Å². The summed E-state index contributed by atoms with van der Waals surface area (Å²) in [5, 5.41) is 11.7. The van der Waals surface area contributed by atoms with Gasteiger partial charge in [0.1, 0.15) is 0 Å². The molecule has 2 rings (SSSR count). The van der Waals surface area contributed by atoms with E-state index >= 15 is 0 Å². The second-order valence-corrected chi connectivity index (χ2v) is 4.71. The number of carbonyl (C=O) groups is 2. The Bertz CT molecular complexity index is 510. The fraction of sp³-hybridized carbons (Fsp3) is 0.429. The molecule has 6 nitrogen and oxygen atoms in total. The van der Waals surface area contributed by atoms with E-state index in [2.05, 4.69) is 5.32 Å². The molecule has 1 fully saturated rings. The number of benzene rings is 1. The third-order valence-electron chi connectivity index (χ3n) is 3.05. The lowest BCUT2D eigenvalue weighted by molar-refractivity contribution is -0.123. The molecule has 2 N–H and O–H groups in total. The van der Waals surface area contributed by atoms with Crippen LogP contribution in [0.2, 0.25) is 0 Å². The van der Waals surface area contributed by atoms with E-state index in [1.165, 1.54) is 25.3 Å². The van der Waals surface area contributed by atoms with Gasteiger partial charge in [-0.25, -0.2) is 4.79 Å². The maximum atomic E-state index is 11.6. The highest BCUT2D eigenvalue weighted by atomic mass is 16.5. The van der Waals surface area contributed by atoms with Crippen LogP contribution in [0.4, 0.5) is 0 Å². The maximum Gasteiger partial charge on any atom is 0.335 e. The number of amides is 1. The molecule has 6 heteroatoms. The van der Waals surface area contributed by atoms with E-state index in [4.69, 9.17) is 14.6 Å². The first kappa shape index (κ1) is 14.2. The lowest BCUT2D eigenvalue weighted by atomic mass is 10.2. The van der Waals surface area contributed by atoms with Gasteiger partial charge in [0.05, 0.1) is 12.7 Å². The van der Waals surface area contributed by atoms with Crippen molar-refractivity contribution in [2.45, 2.75) is 12.8 Å². The summed E-state index contributed by atoms with van der Waals surface area (Å²) in [7, 11) is 1.45. The van der Waals surface area contributed by atoms with Gasteiger partial charge in [0.25, 0.3) is 5.91 Å². The second-order valence-electron chi connectivity index (χ2n) is 4.71. The zero-order valence-electron chi connectivity index (χ0n) is 11.2. The van der Waals surface area contributed by atoms with E-state index in [-0.39, 0.29) is 23.8 Å². The van der Waals surface area contributed by atoms with Crippen molar-refractivity contribution in [3.63, 3.8) is 0 Å². The topological polar surface area (TPSA) is 84.9 Å². The highest BCUT2D eigenvalue weighted by Gasteiger charge is 2.21. The van der Waals surface area contributed by atoms with Gasteiger partial charge >= 0.3 is 5.97 Å². The zero-order chi connectivity index (χ0) is 14.5. The van der Waals surface area contributed by atoms with Crippen molar-refractivity contribution in [1.29, 1.82) is 0 Å². The van der Waals surface area contributed by atoms with E-state index < -0.39 is 5.97 Å². The van der Waals surface area contributed by atoms with Gasteiger partial charge in [-0.15, -0.1) is 0 Å². The molecule has 0 unspecified atom stereocenters. The number of nitrogens with one attached hydrogen (secondary N) is 1. The first-order valence-corrected chi connectivity index (χ1v) is 6.41. The average molecular weight is 279 g/mol. The Hall–Kier alpha value is -2.24. The van der Waals surface area contributed by atoms with Gasteiger partial charge in [-0.2, -0.15) is 0 Å². The summed E-state index contributed by atoms with van der Waals surface area (Å²) in [5.74, 6) is -0.0434. The van der Waals surface area contributed by atoms with Gasteiger partial charge < -0.3 is 19.9 Å². The van der Waals surface area contributed by atoms with Gasteiger partial charge in [0.2, 0.25) is 0 Å². The highest BCUT2D eigenvalue weighted by molar-refractivity contribution is 5.88. The van der Waals surface area contributed by atoms with Gasteiger partial charge in [0, 0.05) is 6.54 Å². The quantitative estimate of drug-likeness (QED) is 0.785. The standard InChI is InChI=1S/C14H17NO5/c1-19-11-5-4-10(14(17)18)6-12(11)20-8-13(16)15-7-9-2-3-9/h4-6,9H,2-3,7-8H2,1H3,(H,15,16)(H,17,18). The molecule has 0 atom stereocenters. The summed E-state index contributed by atoms with van der Waals surface area (Å²) < 4.78 is 10.4. The van der Waals surface area contributed by atoms with E-state index in [1.807, 2.05) is 0 Å². The van der Waals surface area contributed by atoms with Crippen molar-refractivity contribution in [3.8, 4) is 11.5 Å². The fourth-order valence-corrected chi connectivity index (χ4v) is 1.70. The van der Waals surface area contributed by atoms with Crippen LogP contribution in [-0.4, -0.2) is 37.2 Å². The molecular formula is C14H17NO5. The van der Waals surface area contributed by atoms with E-state index in [9.17, 15) is 9.59 Å². The van der Waals surface area contributed by atoms with Gasteiger partial charge in [-0.1, -0.05) is 0 Å². The Kier molecular flexibility index (Phi) is 4.45. The number of hydrogen-bond acceptors (Lipinski definition) is 4. The molecule has 0 radical (unpaired) electrons. The van der Waals surface area contributed by atoms with E-state index in [0.29, 0.717) is 18.2 Å². The van der Waals surface area contributed by atoms with Gasteiger partial charge in [-0.05, 0) is 37.0 Å². The molecule has 0 bridgehead atoms. The number of methoxy groups -OCH3 is 1. The van der Waals surface area contributed by atoms with Crippen LogP contribution in [0.3, 0.4) is 0 Å². The van der Waals surface area contributed by atoms with Crippen LogP contribution >= 0.6 is 0 Å². The zero-order valence-corrected chi connectivity index (χ0v) is 11.2. The van der Waals surface area contributed by atoms with E-state index in [1.54, 1.807) is 0 Å². The number of carboxylic acid groups (broad SMARTS) is 1. The number of ether oxygens (including phenoxy) is 2. The van der Waals surface area contributed by atoms with Crippen molar-refractivity contribution in [2.75, 3.05) is 20.3 Å². The number of carbonyl (C=O) groups excluding carboxylic acids is 1. The summed E-state index contributed by atoms with van der Waals surface area (Å²) in [6, 6.07) is 4.26. The maximum absolute atomic E-state index is 11.6. The Morgan fingerprint density at radius 3 is 2.70 bits per heavy atom. The van der Waals surface area contributed by atoms with Gasteiger partial charge in [0.15, 0.2) is 18.1 Å². The third kappa shape index (κ3) is 3.88. The summed E-state index contributed by atoms with van der Waals surface area (Å²) in [5.41, 5.74) is 0.0826. The summed E-state index contributed by atoms with van der Waals surface area (Å²) in [6.07, 6.45) is 2.32. The summed E-state index contributed by atoms with van der Waals surface area (Å²) in [6.45, 7) is 0.515. The smallest absolute Gasteiger partial charge is 0.335 e.